The number of hydrogen-bond acceptors (Lipinski definition) is 3. The van der Waals surface area contributed by atoms with Crippen molar-refractivity contribution in [1.29, 1.82) is 0 Å². The Bertz CT molecular complexity index is 622. The molecule has 0 radical (unpaired) electrons. The molecule has 0 aliphatic carbocycles. The van der Waals surface area contributed by atoms with Crippen molar-refractivity contribution in [2.75, 3.05) is 25.0 Å². The molecule has 0 aromatic heterocycles. The molecule has 2 rings (SSSR count). The largest absolute Gasteiger partial charge is 0.356 e. The number of likely N-dealkylation sites (N-methyl/N-ethyl adjacent to an activating group) is 1. The van der Waals surface area contributed by atoms with E-state index in [4.69, 9.17) is 0 Å². The van der Waals surface area contributed by atoms with Gasteiger partial charge in [-0.25, -0.2) is 0 Å². The quantitative estimate of drug-likeness (QED) is 0.788. The van der Waals surface area contributed by atoms with E-state index < -0.39 is 0 Å². The number of nitrogens with one attached hydrogen (secondary N) is 2. The summed E-state index contributed by atoms with van der Waals surface area (Å²) in [6, 6.07) is 7.67. The summed E-state index contributed by atoms with van der Waals surface area (Å²) in [7, 11) is 1.54. The smallest absolute Gasteiger partial charge is 0.243 e. The van der Waals surface area contributed by atoms with E-state index in [-0.39, 0.29) is 36.6 Å². The van der Waals surface area contributed by atoms with E-state index in [2.05, 4.69) is 10.6 Å². The summed E-state index contributed by atoms with van der Waals surface area (Å²) in [4.78, 5) is 36.9. The van der Waals surface area contributed by atoms with Crippen molar-refractivity contribution >= 4 is 23.4 Å². The van der Waals surface area contributed by atoms with E-state index in [1.165, 1.54) is 13.1 Å². The molecule has 0 spiro atoms. The van der Waals surface area contributed by atoms with Crippen LogP contribution in [0.25, 0.3) is 0 Å². The number of carbonyl (C=O) groups is 3. The second-order valence-electron chi connectivity index (χ2n) is 5.50. The molecule has 0 bridgehead atoms. The Morgan fingerprint density at radius 1 is 1.30 bits per heavy atom. The lowest BCUT2D eigenvalue weighted by Crippen LogP contribution is -2.33. The average molecular weight is 315 g/mol. The Balaban J connectivity index is 1.89. The molecule has 6 nitrogen and oxygen atoms in total. The summed E-state index contributed by atoms with van der Waals surface area (Å²) in [5.41, 5.74) is 1.94. The lowest BCUT2D eigenvalue weighted by atomic mass is 10.1. The van der Waals surface area contributed by atoms with Gasteiger partial charge in [-0.05, 0) is 19.1 Å². The molecule has 0 unspecified atom stereocenters. The standard InChI is InChI=1S/C17H21N3O3/c1-12-5-7-14(8-6-12)20-11-13(10-16(20)22)17(23)19-9-3-4-15(21)18-2/h3-8,13H,9-11H2,1-2H3,(H,18,21)(H,19,23)/b4-3+/t13-/m0/s1. The summed E-state index contributed by atoms with van der Waals surface area (Å²) >= 11 is 0. The molecule has 1 heterocycles. The van der Waals surface area contributed by atoms with Crippen molar-refractivity contribution in [3.8, 4) is 0 Å². The lowest BCUT2D eigenvalue weighted by Gasteiger charge is -2.16. The minimum atomic E-state index is -0.364. The molecule has 1 aliphatic rings. The Morgan fingerprint density at radius 3 is 2.65 bits per heavy atom. The van der Waals surface area contributed by atoms with Gasteiger partial charge in [-0.15, -0.1) is 0 Å². The predicted octanol–water partition coefficient (Wildman–Crippen LogP) is 0.766. The third-order valence-corrected chi connectivity index (χ3v) is 3.75. The SMILES string of the molecule is CNC(=O)/C=C/CNC(=O)[C@H]1CC(=O)N(c2ccc(C)cc2)C1. The number of rotatable bonds is 5. The highest BCUT2D eigenvalue weighted by Crippen LogP contribution is 2.25. The molecule has 1 aliphatic heterocycles. The molecule has 1 aromatic rings. The Labute approximate surface area is 135 Å². The number of carbonyl (C=O) groups excluding carboxylic acids is 3. The van der Waals surface area contributed by atoms with Crippen LogP contribution in [-0.4, -0.2) is 37.9 Å². The molecule has 2 N–H and O–H groups in total. The topological polar surface area (TPSA) is 78.5 Å². The molecule has 1 fully saturated rings. The van der Waals surface area contributed by atoms with E-state index in [1.807, 2.05) is 31.2 Å². The number of amides is 3. The fourth-order valence-electron chi connectivity index (χ4n) is 2.41. The molecule has 1 atom stereocenters. The molecule has 6 heteroatoms. The first-order valence-corrected chi connectivity index (χ1v) is 7.54. The summed E-state index contributed by atoms with van der Waals surface area (Å²) in [5.74, 6) is -0.803. The Hall–Kier alpha value is -2.63. The van der Waals surface area contributed by atoms with Crippen LogP contribution in [0.3, 0.4) is 0 Å². The predicted molar refractivity (Wildman–Crippen MR) is 87.9 cm³/mol. The van der Waals surface area contributed by atoms with Gasteiger partial charge >= 0.3 is 0 Å². The van der Waals surface area contributed by atoms with Gasteiger partial charge in [0.05, 0.1) is 5.92 Å². The molecule has 0 saturated carbocycles. The Morgan fingerprint density at radius 2 is 2.00 bits per heavy atom. The van der Waals surface area contributed by atoms with Gasteiger partial charge in [-0.2, -0.15) is 0 Å². The van der Waals surface area contributed by atoms with Gasteiger partial charge in [0.15, 0.2) is 0 Å². The monoisotopic (exact) mass is 315 g/mol. The van der Waals surface area contributed by atoms with Gasteiger partial charge in [0.25, 0.3) is 0 Å². The van der Waals surface area contributed by atoms with E-state index in [9.17, 15) is 14.4 Å². The van der Waals surface area contributed by atoms with Crippen LogP contribution in [0.4, 0.5) is 5.69 Å². The number of hydrogen-bond donors (Lipinski definition) is 2. The fourth-order valence-corrected chi connectivity index (χ4v) is 2.41. The number of anilines is 1. The maximum Gasteiger partial charge on any atom is 0.243 e. The third kappa shape index (κ3) is 4.42. The minimum Gasteiger partial charge on any atom is -0.356 e. The van der Waals surface area contributed by atoms with Gasteiger partial charge in [0.2, 0.25) is 17.7 Å². The Kier molecular flexibility index (Phi) is 5.51. The summed E-state index contributed by atoms with van der Waals surface area (Å²) in [6.45, 7) is 2.63. The van der Waals surface area contributed by atoms with Gasteiger partial charge in [0, 0.05) is 38.3 Å². The van der Waals surface area contributed by atoms with E-state index in [0.29, 0.717) is 6.54 Å². The van der Waals surface area contributed by atoms with Crippen molar-refractivity contribution in [3.63, 3.8) is 0 Å². The van der Waals surface area contributed by atoms with Crippen molar-refractivity contribution in [2.24, 2.45) is 5.92 Å². The highest BCUT2D eigenvalue weighted by Gasteiger charge is 2.34. The van der Waals surface area contributed by atoms with Crippen LogP contribution in [0.2, 0.25) is 0 Å². The molecule has 3 amide bonds. The summed E-state index contributed by atoms with van der Waals surface area (Å²) in [5, 5.41) is 5.17. The third-order valence-electron chi connectivity index (χ3n) is 3.75. The van der Waals surface area contributed by atoms with Crippen LogP contribution in [0, 0.1) is 12.8 Å². The highest BCUT2D eigenvalue weighted by molar-refractivity contribution is 6.00. The van der Waals surface area contributed by atoms with Crippen LogP contribution >= 0.6 is 0 Å². The lowest BCUT2D eigenvalue weighted by molar-refractivity contribution is -0.126. The maximum absolute atomic E-state index is 12.1. The van der Waals surface area contributed by atoms with Gasteiger partial charge in [-0.3, -0.25) is 14.4 Å². The maximum atomic E-state index is 12.1. The fraction of sp³-hybridized carbons (Fsp3) is 0.353. The zero-order valence-corrected chi connectivity index (χ0v) is 13.3. The highest BCUT2D eigenvalue weighted by atomic mass is 16.2. The van der Waals surface area contributed by atoms with Crippen molar-refractivity contribution in [2.45, 2.75) is 13.3 Å². The first-order valence-electron chi connectivity index (χ1n) is 7.54. The van der Waals surface area contributed by atoms with Crippen LogP contribution in [-0.2, 0) is 14.4 Å². The molecular formula is C17H21N3O3. The van der Waals surface area contributed by atoms with E-state index in [0.717, 1.165) is 11.3 Å². The van der Waals surface area contributed by atoms with Crippen LogP contribution in [0.5, 0.6) is 0 Å². The van der Waals surface area contributed by atoms with Crippen LogP contribution in [0.15, 0.2) is 36.4 Å². The van der Waals surface area contributed by atoms with Crippen LogP contribution < -0.4 is 15.5 Å². The molecule has 1 saturated heterocycles. The first-order chi connectivity index (χ1) is 11.0. The normalized spacial score (nSPS) is 17.6. The average Bonchev–Trinajstić information content (AvgIpc) is 2.93. The van der Waals surface area contributed by atoms with Crippen molar-refractivity contribution in [1.82, 2.24) is 10.6 Å². The zero-order valence-electron chi connectivity index (χ0n) is 13.3. The van der Waals surface area contributed by atoms with E-state index >= 15 is 0 Å². The van der Waals surface area contributed by atoms with Gasteiger partial charge in [0.1, 0.15) is 0 Å². The molecule has 23 heavy (non-hydrogen) atoms. The number of benzene rings is 1. The second-order valence-corrected chi connectivity index (χ2v) is 5.50. The zero-order chi connectivity index (χ0) is 16.8. The van der Waals surface area contributed by atoms with E-state index in [1.54, 1.807) is 11.0 Å². The second kappa shape index (κ2) is 7.58. The first kappa shape index (κ1) is 16.7. The molecule has 122 valence electrons. The van der Waals surface area contributed by atoms with Crippen LogP contribution in [0.1, 0.15) is 12.0 Å². The molecule has 1 aromatic carbocycles. The van der Waals surface area contributed by atoms with Crippen molar-refractivity contribution in [3.05, 3.63) is 42.0 Å². The minimum absolute atomic E-state index is 0.0464. The molecular weight excluding hydrogens is 294 g/mol. The van der Waals surface area contributed by atoms with Gasteiger partial charge in [-0.1, -0.05) is 23.8 Å². The summed E-state index contributed by atoms with van der Waals surface area (Å²) < 4.78 is 0. The van der Waals surface area contributed by atoms with Gasteiger partial charge < -0.3 is 15.5 Å². The number of aryl methyl sites for hydroxylation is 1. The van der Waals surface area contributed by atoms with Crippen molar-refractivity contribution < 1.29 is 14.4 Å². The number of nitrogens with zero attached hydrogens (tertiary/aromatic N) is 1. The summed E-state index contributed by atoms with van der Waals surface area (Å²) in [6.07, 6.45) is 3.14.